The van der Waals surface area contributed by atoms with Crippen LogP contribution in [0.1, 0.15) is 17.5 Å². The quantitative estimate of drug-likeness (QED) is 0.638. The van der Waals surface area contributed by atoms with Gasteiger partial charge in [-0.2, -0.15) is 0 Å². The first kappa shape index (κ1) is 21.9. The predicted molar refractivity (Wildman–Crippen MR) is 108 cm³/mol. The van der Waals surface area contributed by atoms with Gasteiger partial charge in [0.05, 0.1) is 24.3 Å². The van der Waals surface area contributed by atoms with Gasteiger partial charge < -0.3 is 19.9 Å². The molecular weight excluding hydrogens is 405 g/mol. The van der Waals surface area contributed by atoms with Crippen LogP contribution in [0.15, 0.2) is 36.4 Å². The fourth-order valence-electron chi connectivity index (χ4n) is 2.66. The minimum Gasteiger partial charge on any atom is -0.493 e. The summed E-state index contributed by atoms with van der Waals surface area (Å²) in [5, 5.41) is 12.9. The van der Waals surface area contributed by atoms with Crippen LogP contribution in [0.2, 0.25) is 10.0 Å². The highest BCUT2D eigenvalue weighted by Crippen LogP contribution is 2.28. The summed E-state index contributed by atoms with van der Waals surface area (Å²) >= 11 is 11.8. The van der Waals surface area contributed by atoms with Gasteiger partial charge in [-0.05, 0) is 41.8 Å². The molecule has 0 aromatic heterocycles. The third kappa shape index (κ3) is 6.04. The second-order valence-electron chi connectivity index (χ2n) is 6.10. The molecule has 1 amide bonds. The van der Waals surface area contributed by atoms with Crippen molar-refractivity contribution in [2.75, 3.05) is 14.2 Å². The van der Waals surface area contributed by atoms with Crippen LogP contribution >= 0.6 is 23.2 Å². The highest BCUT2D eigenvalue weighted by molar-refractivity contribution is 6.42. The van der Waals surface area contributed by atoms with Crippen molar-refractivity contribution < 1.29 is 24.2 Å². The Balaban J connectivity index is 1.99. The molecular formula is C20H21Cl2NO5. The monoisotopic (exact) mass is 425 g/mol. The molecule has 6 nitrogen and oxygen atoms in total. The predicted octanol–water partition coefficient (Wildman–Crippen LogP) is 3.76. The number of aryl methyl sites for hydroxylation is 1. The Morgan fingerprint density at radius 2 is 1.68 bits per heavy atom. The van der Waals surface area contributed by atoms with E-state index in [2.05, 4.69) is 5.32 Å². The fourth-order valence-corrected chi connectivity index (χ4v) is 2.98. The van der Waals surface area contributed by atoms with Gasteiger partial charge in [0.2, 0.25) is 5.91 Å². The molecule has 28 heavy (non-hydrogen) atoms. The standard InChI is InChI=1S/C20H21Cl2NO5/c1-27-17-7-4-13(11-18(17)28-2)10-16(20(25)26)23-19(24)8-5-12-3-6-14(21)15(22)9-12/h3-4,6-7,9,11,16H,5,8,10H2,1-2H3,(H,23,24)(H,25,26). The summed E-state index contributed by atoms with van der Waals surface area (Å²) in [6, 6.07) is 9.19. The van der Waals surface area contributed by atoms with Crippen LogP contribution in [0.3, 0.4) is 0 Å². The molecule has 2 N–H and O–H groups in total. The minimum atomic E-state index is -1.11. The number of halogens is 2. The lowest BCUT2D eigenvalue weighted by molar-refractivity contribution is -0.141. The Labute approximate surface area is 173 Å². The van der Waals surface area contributed by atoms with E-state index in [0.717, 1.165) is 5.56 Å². The lowest BCUT2D eigenvalue weighted by atomic mass is 10.0. The van der Waals surface area contributed by atoms with E-state index < -0.39 is 12.0 Å². The number of carboxylic acid groups (broad SMARTS) is 1. The second-order valence-corrected chi connectivity index (χ2v) is 6.91. The molecule has 1 atom stereocenters. The Hall–Kier alpha value is -2.44. The van der Waals surface area contributed by atoms with Crippen molar-refractivity contribution in [3.8, 4) is 11.5 Å². The summed E-state index contributed by atoms with van der Waals surface area (Å²) in [7, 11) is 3.02. The van der Waals surface area contributed by atoms with E-state index >= 15 is 0 Å². The molecule has 2 rings (SSSR count). The van der Waals surface area contributed by atoms with Crippen molar-refractivity contribution in [3.05, 3.63) is 57.6 Å². The fraction of sp³-hybridized carbons (Fsp3) is 0.300. The number of hydrogen-bond acceptors (Lipinski definition) is 4. The Bertz CT molecular complexity index is 856. The third-order valence-corrected chi connectivity index (χ3v) is 4.88. The number of rotatable bonds is 9. The zero-order valence-electron chi connectivity index (χ0n) is 15.5. The molecule has 2 aromatic carbocycles. The normalized spacial score (nSPS) is 11.6. The summed E-state index contributed by atoms with van der Waals surface area (Å²) in [6.45, 7) is 0. The van der Waals surface area contributed by atoms with Gasteiger partial charge in [-0.15, -0.1) is 0 Å². The number of benzene rings is 2. The van der Waals surface area contributed by atoms with Gasteiger partial charge in [0.1, 0.15) is 6.04 Å². The van der Waals surface area contributed by atoms with E-state index in [1.54, 1.807) is 36.4 Å². The summed E-state index contributed by atoms with van der Waals surface area (Å²) in [5.74, 6) is -0.435. The van der Waals surface area contributed by atoms with E-state index in [0.29, 0.717) is 33.5 Å². The number of hydrogen-bond donors (Lipinski definition) is 2. The number of amides is 1. The highest BCUT2D eigenvalue weighted by Gasteiger charge is 2.21. The summed E-state index contributed by atoms with van der Waals surface area (Å²) in [5.41, 5.74) is 1.55. The smallest absolute Gasteiger partial charge is 0.326 e. The van der Waals surface area contributed by atoms with Crippen LogP contribution < -0.4 is 14.8 Å². The topological polar surface area (TPSA) is 84.9 Å². The number of nitrogens with one attached hydrogen (secondary N) is 1. The van der Waals surface area contributed by atoms with Crippen molar-refractivity contribution in [1.29, 1.82) is 0 Å². The largest absolute Gasteiger partial charge is 0.493 e. The number of carbonyl (C=O) groups excluding carboxylic acids is 1. The Morgan fingerprint density at radius 3 is 2.29 bits per heavy atom. The van der Waals surface area contributed by atoms with Gasteiger partial charge in [0, 0.05) is 12.8 Å². The third-order valence-electron chi connectivity index (χ3n) is 4.15. The molecule has 0 spiro atoms. The molecule has 0 saturated carbocycles. The summed E-state index contributed by atoms with van der Waals surface area (Å²) in [6.07, 6.45) is 0.674. The van der Waals surface area contributed by atoms with E-state index in [1.165, 1.54) is 14.2 Å². The van der Waals surface area contributed by atoms with Crippen LogP contribution in [-0.4, -0.2) is 37.2 Å². The second kappa shape index (κ2) is 10.2. The Morgan fingerprint density at radius 1 is 1.00 bits per heavy atom. The van der Waals surface area contributed by atoms with Crippen LogP contribution in [0.25, 0.3) is 0 Å². The molecule has 150 valence electrons. The molecule has 0 bridgehead atoms. The maximum Gasteiger partial charge on any atom is 0.326 e. The average molecular weight is 426 g/mol. The van der Waals surface area contributed by atoms with Gasteiger partial charge >= 0.3 is 5.97 Å². The maximum absolute atomic E-state index is 12.2. The molecule has 1 unspecified atom stereocenters. The SMILES string of the molecule is COc1ccc(CC(NC(=O)CCc2ccc(Cl)c(Cl)c2)C(=O)O)cc1OC. The van der Waals surface area contributed by atoms with Gasteiger partial charge in [0.15, 0.2) is 11.5 Å². The zero-order valence-corrected chi connectivity index (χ0v) is 17.0. The molecule has 0 aliphatic carbocycles. The average Bonchev–Trinajstić information content (AvgIpc) is 2.68. The van der Waals surface area contributed by atoms with Crippen LogP contribution in [0.4, 0.5) is 0 Å². The minimum absolute atomic E-state index is 0.119. The number of ether oxygens (including phenoxy) is 2. The van der Waals surface area contributed by atoms with Crippen LogP contribution in [-0.2, 0) is 22.4 Å². The molecule has 8 heteroatoms. The molecule has 0 fully saturated rings. The summed E-state index contributed by atoms with van der Waals surface area (Å²) < 4.78 is 10.4. The van der Waals surface area contributed by atoms with Crippen molar-refractivity contribution >= 4 is 35.1 Å². The maximum atomic E-state index is 12.2. The van der Waals surface area contributed by atoms with Crippen molar-refractivity contribution in [1.82, 2.24) is 5.32 Å². The number of methoxy groups -OCH3 is 2. The van der Waals surface area contributed by atoms with E-state index in [4.69, 9.17) is 32.7 Å². The number of aliphatic carboxylic acids is 1. The first-order chi connectivity index (χ1) is 13.3. The molecule has 0 saturated heterocycles. The lowest BCUT2D eigenvalue weighted by Gasteiger charge is -2.16. The number of carbonyl (C=O) groups is 2. The highest BCUT2D eigenvalue weighted by atomic mass is 35.5. The summed E-state index contributed by atoms with van der Waals surface area (Å²) in [4.78, 5) is 23.8. The molecule has 0 aliphatic rings. The lowest BCUT2D eigenvalue weighted by Crippen LogP contribution is -2.42. The van der Waals surface area contributed by atoms with Gasteiger partial charge in [-0.1, -0.05) is 35.3 Å². The molecule has 2 aromatic rings. The van der Waals surface area contributed by atoms with Crippen molar-refractivity contribution in [2.45, 2.75) is 25.3 Å². The van der Waals surface area contributed by atoms with Crippen molar-refractivity contribution in [2.24, 2.45) is 0 Å². The van der Waals surface area contributed by atoms with E-state index in [9.17, 15) is 14.7 Å². The Kier molecular flexibility index (Phi) is 7.96. The van der Waals surface area contributed by atoms with Gasteiger partial charge in [-0.3, -0.25) is 4.79 Å². The van der Waals surface area contributed by atoms with Crippen LogP contribution in [0, 0.1) is 0 Å². The molecule has 0 aliphatic heterocycles. The first-order valence-electron chi connectivity index (χ1n) is 8.51. The zero-order chi connectivity index (χ0) is 20.7. The van der Waals surface area contributed by atoms with Gasteiger partial charge in [-0.25, -0.2) is 4.79 Å². The van der Waals surface area contributed by atoms with E-state index in [-0.39, 0.29) is 18.7 Å². The van der Waals surface area contributed by atoms with Gasteiger partial charge in [0.25, 0.3) is 0 Å². The van der Waals surface area contributed by atoms with E-state index in [1.807, 2.05) is 0 Å². The van der Waals surface area contributed by atoms with Crippen LogP contribution in [0.5, 0.6) is 11.5 Å². The number of carboxylic acids is 1. The first-order valence-corrected chi connectivity index (χ1v) is 9.26. The van der Waals surface area contributed by atoms with Crippen molar-refractivity contribution in [3.63, 3.8) is 0 Å². The molecule has 0 heterocycles. The molecule has 0 radical (unpaired) electrons.